The second-order valence-corrected chi connectivity index (χ2v) is 17.5. The number of aromatic nitrogens is 1. The van der Waals surface area contributed by atoms with Gasteiger partial charge in [-0.2, -0.15) is 0 Å². The van der Waals surface area contributed by atoms with Gasteiger partial charge in [0.15, 0.2) is 6.10 Å². The lowest BCUT2D eigenvalue weighted by atomic mass is 9.70. The summed E-state index contributed by atoms with van der Waals surface area (Å²) >= 11 is 7.40. The van der Waals surface area contributed by atoms with E-state index in [9.17, 15) is 5.11 Å². The number of pyridine rings is 1. The number of aromatic hydroxyl groups is 1. The first-order valence-corrected chi connectivity index (χ1v) is 22.1. The van der Waals surface area contributed by atoms with E-state index in [0.717, 1.165) is 81.4 Å². The topological polar surface area (TPSA) is 42.4 Å². The van der Waals surface area contributed by atoms with E-state index < -0.39 is 6.10 Å². The molecule has 4 nitrogen and oxygen atoms in total. The van der Waals surface area contributed by atoms with E-state index in [1.807, 2.05) is 30.5 Å². The van der Waals surface area contributed by atoms with Gasteiger partial charge >= 0.3 is 0 Å². The quantitative estimate of drug-likeness (QED) is 0.132. The van der Waals surface area contributed by atoms with Crippen LogP contribution in [-0.2, 0) is 6.54 Å². The van der Waals surface area contributed by atoms with Crippen molar-refractivity contribution in [3.05, 3.63) is 198 Å². The van der Waals surface area contributed by atoms with Crippen molar-refractivity contribution in [2.24, 2.45) is 11.8 Å². The van der Waals surface area contributed by atoms with Gasteiger partial charge in [0.2, 0.25) is 0 Å². The molecular formula is C56H50ClN2O2+. The summed E-state index contributed by atoms with van der Waals surface area (Å²) in [4.78, 5) is 4.80. The highest BCUT2D eigenvalue weighted by Gasteiger charge is 2.55. The molecule has 302 valence electrons. The molecular weight excluding hydrogens is 768 g/mol. The number of nitrogens with zero attached hydrogens (tertiary/aromatic N) is 2. The van der Waals surface area contributed by atoms with Crippen LogP contribution in [0.25, 0.3) is 55.4 Å². The van der Waals surface area contributed by atoms with Crippen LogP contribution < -0.4 is 4.74 Å². The Morgan fingerprint density at radius 3 is 2.03 bits per heavy atom. The van der Waals surface area contributed by atoms with Gasteiger partial charge in [-0.05, 0) is 93.7 Å². The van der Waals surface area contributed by atoms with Gasteiger partial charge in [-0.15, -0.1) is 0 Å². The third kappa shape index (κ3) is 7.60. The Morgan fingerprint density at radius 1 is 0.689 bits per heavy atom. The predicted octanol–water partition coefficient (Wildman–Crippen LogP) is 14.2. The standard InChI is InChI=1S/C56H49ClN2O2/c1-2-38-36-59(37-46-31-43(39-15-7-3-8-16-39)23-25-48(46)41-19-11-5-12-20-41)30-28-44(38)33-53(59)56(49-27-29-58-52-26-24-47(60)35-50(49)52)61-54-34-45(40-17-9-4-10-18-40)32-51(57)55(54)42-21-13-6-14-22-42/h3-27,29,31-32,34-35,38,44,53,56H,2,28,30,33,36-37H2,1H3/p+1/t38?,44?,53?,56-,59?/m0/s1. The Labute approximate surface area is 364 Å². The smallest absolute Gasteiger partial charge is 0.176 e. The number of phenolic OH excluding ortho intramolecular Hbond substituents is 1. The lowest BCUT2D eigenvalue weighted by molar-refractivity contribution is -0.985. The van der Waals surface area contributed by atoms with E-state index in [-0.39, 0.29) is 11.8 Å². The van der Waals surface area contributed by atoms with E-state index >= 15 is 0 Å². The molecule has 3 saturated heterocycles. The van der Waals surface area contributed by atoms with Crippen molar-refractivity contribution >= 4 is 22.5 Å². The van der Waals surface area contributed by atoms with Crippen LogP contribution in [0.2, 0.25) is 5.02 Å². The van der Waals surface area contributed by atoms with E-state index in [0.29, 0.717) is 16.9 Å². The van der Waals surface area contributed by atoms with E-state index in [2.05, 4.69) is 153 Å². The molecule has 3 aliphatic heterocycles. The van der Waals surface area contributed by atoms with Crippen LogP contribution in [0.15, 0.2) is 182 Å². The van der Waals surface area contributed by atoms with Gasteiger partial charge in [-0.1, -0.05) is 152 Å². The minimum atomic E-state index is -0.394. The Balaban J connectivity index is 1.18. The summed E-state index contributed by atoms with van der Waals surface area (Å²) in [6.07, 6.45) is 4.87. The number of rotatable bonds is 11. The molecule has 0 amide bonds. The molecule has 3 fully saturated rings. The highest BCUT2D eigenvalue weighted by molar-refractivity contribution is 6.34. The van der Waals surface area contributed by atoms with Gasteiger partial charge < -0.3 is 14.3 Å². The average molecular weight is 818 g/mol. The number of ether oxygens (including phenoxy) is 1. The van der Waals surface area contributed by atoms with Gasteiger partial charge in [-0.25, -0.2) is 0 Å². The van der Waals surface area contributed by atoms with Crippen molar-refractivity contribution in [1.82, 2.24) is 4.98 Å². The molecule has 8 aromatic rings. The van der Waals surface area contributed by atoms with E-state index in [1.165, 1.54) is 34.2 Å². The first kappa shape index (κ1) is 39.0. The molecule has 0 aliphatic carbocycles. The minimum Gasteiger partial charge on any atom is -0.508 e. The van der Waals surface area contributed by atoms with Crippen molar-refractivity contribution in [2.45, 2.75) is 44.9 Å². The van der Waals surface area contributed by atoms with Gasteiger partial charge in [0, 0.05) is 47.0 Å². The average Bonchev–Trinajstić information content (AvgIpc) is 3.31. The normalized spacial score (nSPS) is 20.1. The van der Waals surface area contributed by atoms with Crippen LogP contribution in [0.5, 0.6) is 11.5 Å². The molecule has 5 heteroatoms. The van der Waals surface area contributed by atoms with Gasteiger partial charge in [0.25, 0.3) is 0 Å². The van der Waals surface area contributed by atoms with Crippen molar-refractivity contribution in [2.75, 3.05) is 13.1 Å². The van der Waals surface area contributed by atoms with Crippen molar-refractivity contribution in [1.29, 1.82) is 0 Å². The number of phenols is 1. The maximum absolute atomic E-state index is 11.0. The Hall–Kier alpha value is -6.20. The second-order valence-electron chi connectivity index (χ2n) is 17.1. The third-order valence-electron chi connectivity index (χ3n) is 13.7. The third-order valence-corrected chi connectivity index (χ3v) is 14.0. The van der Waals surface area contributed by atoms with Crippen LogP contribution in [0.1, 0.15) is 43.4 Å². The van der Waals surface area contributed by atoms with Crippen LogP contribution in [0.4, 0.5) is 0 Å². The van der Waals surface area contributed by atoms with Crippen molar-refractivity contribution < 1.29 is 14.3 Å². The number of piperidine rings is 3. The lowest BCUT2D eigenvalue weighted by Gasteiger charge is -2.59. The molecule has 2 bridgehead atoms. The molecule has 5 atom stereocenters. The first-order valence-electron chi connectivity index (χ1n) is 21.7. The summed E-state index contributed by atoms with van der Waals surface area (Å²) in [5, 5.41) is 12.6. The number of hydrogen-bond donors (Lipinski definition) is 1. The minimum absolute atomic E-state index is 0.0845. The van der Waals surface area contributed by atoms with E-state index in [1.54, 1.807) is 6.07 Å². The number of quaternary nitrogens is 1. The fraction of sp³-hybridized carbons (Fsp3) is 0.196. The zero-order valence-electron chi connectivity index (χ0n) is 34.5. The molecule has 1 N–H and O–H groups in total. The molecule has 4 heterocycles. The molecule has 61 heavy (non-hydrogen) atoms. The summed E-state index contributed by atoms with van der Waals surface area (Å²) in [6, 6.07) is 61.5. The summed E-state index contributed by atoms with van der Waals surface area (Å²) in [7, 11) is 0. The molecule has 1 aromatic heterocycles. The number of fused-ring (bicyclic) bond motifs is 4. The molecule has 11 rings (SSSR count). The summed E-state index contributed by atoms with van der Waals surface area (Å²) < 4.78 is 8.70. The molecule has 4 unspecified atom stereocenters. The van der Waals surface area contributed by atoms with Crippen LogP contribution in [0.3, 0.4) is 0 Å². The zero-order valence-corrected chi connectivity index (χ0v) is 35.3. The number of benzene rings is 7. The maximum atomic E-state index is 11.0. The second kappa shape index (κ2) is 16.7. The fourth-order valence-electron chi connectivity index (χ4n) is 10.7. The SMILES string of the molecule is CCC1C[N+]2(Cc3cc(-c4ccccc4)ccc3-c3ccccc3)CCC1CC2[C@@H](Oc1cc(-c2ccccc2)cc(Cl)c1-c1ccccc1)c1ccnc2ccc(O)cc12. The van der Waals surface area contributed by atoms with Crippen LogP contribution >= 0.6 is 11.6 Å². The zero-order chi connectivity index (χ0) is 41.3. The van der Waals surface area contributed by atoms with Crippen LogP contribution in [0, 0.1) is 11.8 Å². The van der Waals surface area contributed by atoms with E-state index in [4.69, 9.17) is 21.3 Å². The van der Waals surface area contributed by atoms with Crippen LogP contribution in [-0.4, -0.2) is 33.7 Å². The fourth-order valence-corrected chi connectivity index (χ4v) is 11.0. The lowest BCUT2D eigenvalue weighted by Crippen LogP contribution is -2.68. The predicted molar refractivity (Wildman–Crippen MR) is 250 cm³/mol. The largest absolute Gasteiger partial charge is 0.508 e. The van der Waals surface area contributed by atoms with Crippen molar-refractivity contribution in [3.8, 4) is 56.0 Å². The Bertz CT molecular complexity index is 2800. The molecule has 3 aliphatic rings. The monoisotopic (exact) mass is 817 g/mol. The molecule has 0 radical (unpaired) electrons. The number of hydrogen-bond acceptors (Lipinski definition) is 3. The molecule has 0 spiro atoms. The summed E-state index contributed by atoms with van der Waals surface area (Å²) in [6.45, 7) is 5.36. The Morgan fingerprint density at radius 2 is 1.34 bits per heavy atom. The van der Waals surface area contributed by atoms with Gasteiger partial charge in [-0.3, -0.25) is 4.98 Å². The van der Waals surface area contributed by atoms with Crippen molar-refractivity contribution in [3.63, 3.8) is 0 Å². The Kier molecular flexibility index (Phi) is 10.7. The first-order chi connectivity index (χ1) is 30.0. The number of halogens is 1. The highest BCUT2D eigenvalue weighted by atomic mass is 35.5. The summed E-state index contributed by atoms with van der Waals surface area (Å²) in [5.74, 6) is 2.15. The van der Waals surface area contributed by atoms with Gasteiger partial charge in [0.05, 0.1) is 23.6 Å². The maximum Gasteiger partial charge on any atom is 0.176 e. The molecule has 7 aromatic carbocycles. The highest BCUT2D eigenvalue weighted by Crippen LogP contribution is 2.52. The molecule has 0 saturated carbocycles. The summed E-state index contributed by atoms with van der Waals surface area (Å²) in [5.41, 5.74) is 12.1. The van der Waals surface area contributed by atoms with Gasteiger partial charge in [0.1, 0.15) is 24.1 Å².